The average Bonchev–Trinajstić information content (AvgIpc) is 3.07. The third kappa shape index (κ3) is 2.85. The number of carbonyl (C=O) groups is 1. The summed E-state index contributed by atoms with van der Waals surface area (Å²) in [4.78, 5) is 14.3. The van der Waals surface area contributed by atoms with Crippen LogP contribution in [0.4, 0.5) is 4.79 Å². The molecule has 1 aliphatic carbocycles. The highest BCUT2D eigenvalue weighted by Gasteiger charge is 2.42. The summed E-state index contributed by atoms with van der Waals surface area (Å²) in [6.45, 7) is 7.06. The Labute approximate surface area is 127 Å². The van der Waals surface area contributed by atoms with Crippen molar-refractivity contribution in [2.45, 2.75) is 58.3 Å². The second kappa shape index (κ2) is 4.76. The van der Waals surface area contributed by atoms with Gasteiger partial charge >= 0.3 is 6.09 Å². The fraction of sp³-hybridized carbons (Fsp3) is 0.714. The molecule has 0 N–H and O–H groups in total. The van der Waals surface area contributed by atoms with Gasteiger partial charge in [-0.25, -0.2) is 4.79 Å². The summed E-state index contributed by atoms with van der Waals surface area (Å²) in [7, 11) is 0. The standard InChI is InChI=1S/C14H20BrN3O2/c1-14(2,3)20-13(19)17-7-10-6-12(15)16-18(10)8-11(17)9-4-5-9/h6,9,11H,4-5,7-8H2,1-3H3. The molecule has 1 amide bonds. The summed E-state index contributed by atoms with van der Waals surface area (Å²) in [5.41, 5.74) is 0.600. The van der Waals surface area contributed by atoms with Crippen LogP contribution in [0.25, 0.3) is 0 Å². The van der Waals surface area contributed by atoms with Crippen LogP contribution < -0.4 is 0 Å². The van der Waals surface area contributed by atoms with Gasteiger partial charge in [-0.15, -0.1) is 0 Å². The Morgan fingerprint density at radius 1 is 1.45 bits per heavy atom. The molecule has 0 aromatic carbocycles. The Bertz CT molecular complexity index is 531. The molecule has 1 aromatic heterocycles. The molecule has 1 saturated carbocycles. The van der Waals surface area contributed by atoms with Crippen molar-refractivity contribution in [3.8, 4) is 0 Å². The minimum Gasteiger partial charge on any atom is -0.444 e. The van der Waals surface area contributed by atoms with Gasteiger partial charge in [0.2, 0.25) is 0 Å². The van der Waals surface area contributed by atoms with E-state index in [0.29, 0.717) is 12.5 Å². The van der Waals surface area contributed by atoms with Crippen LogP contribution >= 0.6 is 15.9 Å². The van der Waals surface area contributed by atoms with Gasteiger partial charge < -0.3 is 4.74 Å². The third-order valence-electron chi connectivity index (χ3n) is 3.72. The van der Waals surface area contributed by atoms with Gasteiger partial charge in [-0.1, -0.05) is 0 Å². The molecule has 2 heterocycles. The molecule has 2 aliphatic rings. The molecule has 5 nitrogen and oxygen atoms in total. The smallest absolute Gasteiger partial charge is 0.410 e. The van der Waals surface area contributed by atoms with Crippen molar-refractivity contribution in [2.24, 2.45) is 5.92 Å². The molecule has 3 rings (SSSR count). The summed E-state index contributed by atoms with van der Waals surface area (Å²) in [6, 6.07) is 2.18. The van der Waals surface area contributed by atoms with Gasteiger partial charge in [0.25, 0.3) is 0 Å². The molecule has 0 saturated heterocycles. The van der Waals surface area contributed by atoms with Crippen LogP contribution in [-0.4, -0.2) is 32.4 Å². The van der Waals surface area contributed by atoms with Gasteiger partial charge in [0.05, 0.1) is 24.8 Å². The van der Waals surface area contributed by atoms with E-state index < -0.39 is 5.60 Å². The minimum atomic E-state index is -0.455. The van der Waals surface area contributed by atoms with Crippen LogP contribution in [0, 0.1) is 5.92 Å². The molecule has 6 heteroatoms. The Hall–Kier alpha value is -1.04. The van der Waals surface area contributed by atoms with Crippen molar-refractivity contribution in [3.63, 3.8) is 0 Å². The quantitative estimate of drug-likeness (QED) is 0.788. The van der Waals surface area contributed by atoms with Crippen molar-refractivity contribution >= 4 is 22.0 Å². The molecule has 1 unspecified atom stereocenters. The van der Waals surface area contributed by atoms with Crippen LogP contribution in [0.15, 0.2) is 10.7 Å². The van der Waals surface area contributed by atoms with Crippen molar-refractivity contribution in [2.75, 3.05) is 0 Å². The highest BCUT2D eigenvalue weighted by atomic mass is 79.9. The van der Waals surface area contributed by atoms with Crippen LogP contribution in [0.5, 0.6) is 0 Å². The lowest BCUT2D eigenvalue weighted by Crippen LogP contribution is -2.49. The third-order valence-corrected chi connectivity index (χ3v) is 4.11. The molecule has 0 radical (unpaired) electrons. The van der Waals surface area contributed by atoms with E-state index in [-0.39, 0.29) is 12.1 Å². The molecule has 110 valence electrons. The van der Waals surface area contributed by atoms with Crippen LogP contribution in [0.3, 0.4) is 0 Å². The van der Waals surface area contributed by atoms with Gasteiger partial charge in [-0.05, 0) is 61.5 Å². The minimum absolute atomic E-state index is 0.210. The van der Waals surface area contributed by atoms with Gasteiger partial charge in [-0.3, -0.25) is 9.58 Å². The lowest BCUT2D eigenvalue weighted by atomic mass is 10.1. The fourth-order valence-corrected chi connectivity index (χ4v) is 3.13. The SMILES string of the molecule is CC(C)(C)OC(=O)N1Cc2cc(Br)nn2CC1C1CC1. The number of halogens is 1. The zero-order chi connectivity index (χ0) is 14.5. The molecule has 1 aliphatic heterocycles. The number of rotatable bonds is 1. The maximum Gasteiger partial charge on any atom is 0.410 e. The molecular formula is C14H20BrN3O2. The fourth-order valence-electron chi connectivity index (χ4n) is 2.68. The number of carbonyl (C=O) groups excluding carboxylic acids is 1. The van der Waals surface area contributed by atoms with E-state index >= 15 is 0 Å². The summed E-state index contributed by atoms with van der Waals surface area (Å²) in [5, 5.41) is 4.43. The first-order valence-electron chi connectivity index (χ1n) is 7.05. The molecule has 1 fully saturated rings. The van der Waals surface area contributed by atoms with E-state index in [4.69, 9.17) is 4.74 Å². The van der Waals surface area contributed by atoms with Gasteiger partial charge in [0.1, 0.15) is 10.2 Å². The maximum atomic E-state index is 12.4. The maximum absolute atomic E-state index is 12.4. The highest BCUT2D eigenvalue weighted by Crippen LogP contribution is 2.39. The van der Waals surface area contributed by atoms with Crippen LogP contribution in [-0.2, 0) is 17.8 Å². The predicted molar refractivity (Wildman–Crippen MR) is 78.2 cm³/mol. The number of fused-ring (bicyclic) bond motifs is 1. The van der Waals surface area contributed by atoms with Crippen molar-refractivity contribution < 1.29 is 9.53 Å². The van der Waals surface area contributed by atoms with Gasteiger partial charge in [0.15, 0.2) is 0 Å². The molecule has 0 spiro atoms. The number of nitrogens with zero attached hydrogens (tertiary/aromatic N) is 3. The van der Waals surface area contributed by atoms with Crippen LogP contribution in [0.2, 0.25) is 0 Å². The Morgan fingerprint density at radius 3 is 2.75 bits per heavy atom. The summed E-state index contributed by atoms with van der Waals surface area (Å²) in [5.74, 6) is 0.596. The normalized spacial score (nSPS) is 22.6. The summed E-state index contributed by atoms with van der Waals surface area (Å²) >= 11 is 3.40. The molecule has 0 bridgehead atoms. The first-order valence-corrected chi connectivity index (χ1v) is 7.84. The molecule has 1 aromatic rings. The van der Waals surface area contributed by atoms with E-state index in [1.807, 2.05) is 36.4 Å². The van der Waals surface area contributed by atoms with Gasteiger partial charge in [0, 0.05) is 0 Å². The number of aromatic nitrogens is 2. The van der Waals surface area contributed by atoms with Gasteiger partial charge in [-0.2, -0.15) is 5.10 Å². The lowest BCUT2D eigenvalue weighted by Gasteiger charge is -2.37. The number of amides is 1. The molecular weight excluding hydrogens is 322 g/mol. The largest absolute Gasteiger partial charge is 0.444 e. The van der Waals surface area contributed by atoms with Crippen LogP contribution in [0.1, 0.15) is 39.3 Å². The lowest BCUT2D eigenvalue weighted by molar-refractivity contribution is 0.00364. The van der Waals surface area contributed by atoms with E-state index in [9.17, 15) is 4.79 Å². The Morgan fingerprint density at radius 2 is 2.15 bits per heavy atom. The van der Waals surface area contributed by atoms with E-state index in [2.05, 4.69) is 21.0 Å². The molecule has 1 atom stereocenters. The first-order chi connectivity index (χ1) is 9.33. The number of hydrogen-bond donors (Lipinski definition) is 0. The van der Waals surface area contributed by atoms with E-state index in [1.54, 1.807) is 0 Å². The first kappa shape index (κ1) is 13.9. The highest BCUT2D eigenvalue weighted by molar-refractivity contribution is 9.10. The Balaban J connectivity index is 1.82. The molecule has 20 heavy (non-hydrogen) atoms. The summed E-state index contributed by atoms with van der Waals surface area (Å²) < 4.78 is 8.39. The number of ether oxygens (including phenoxy) is 1. The topological polar surface area (TPSA) is 47.4 Å². The summed E-state index contributed by atoms with van der Waals surface area (Å²) in [6.07, 6.45) is 2.18. The van der Waals surface area contributed by atoms with E-state index in [1.165, 1.54) is 12.8 Å². The van der Waals surface area contributed by atoms with E-state index in [0.717, 1.165) is 16.8 Å². The zero-order valence-corrected chi connectivity index (χ0v) is 13.7. The van der Waals surface area contributed by atoms with Crippen molar-refractivity contribution in [1.82, 2.24) is 14.7 Å². The predicted octanol–water partition coefficient (Wildman–Crippen LogP) is 3.17. The second-order valence-corrected chi connectivity index (χ2v) is 7.47. The monoisotopic (exact) mass is 341 g/mol. The average molecular weight is 342 g/mol. The van der Waals surface area contributed by atoms with Crippen molar-refractivity contribution in [3.05, 3.63) is 16.4 Å². The number of hydrogen-bond acceptors (Lipinski definition) is 3. The van der Waals surface area contributed by atoms with Crippen molar-refractivity contribution in [1.29, 1.82) is 0 Å². The zero-order valence-electron chi connectivity index (χ0n) is 12.1. The Kier molecular flexibility index (Phi) is 3.31. The second-order valence-electron chi connectivity index (χ2n) is 6.65.